The first-order valence-corrected chi connectivity index (χ1v) is 5.19. The number of guanidine groups is 1. The fourth-order valence-electron chi connectivity index (χ4n) is 1.37. The maximum absolute atomic E-state index is 11.2. The van der Waals surface area contributed by atoms with Crippen LogP contribution in [-0.4, -0.2) is 29.1 Å². The summed E-state index contributed by atoms with van der Waals surface area (Å²) >= 11 is 0. The molecule has 6 heteroatoms. The van der Waals surface area contributed by atoms with Crippen molar-refractivity contribution in [2.45, 2.75) is 39.2 Å². The summed E-state index contributed by atoms with van der Waals surface area (Å²) in [6, 6.07) is 0. The van der Waals surface area contributed by atoms with Crippen LogP contribution in [0.15, 0.2) is 4.99 Å². The largest absolute Gasteiger partial charge is 0.480 e. The highest BCUT2D eigenvalue weighted by Crippen LogP contribution is 2.32. The van der Waals surface area contributed by atoms with Crippen molar-refractivity contribution < 1.29 is 9.90 Å². The van der Waals surface area contributed by atoms with Crippen molar-refractivity contribution in [2.24, 2.45) is 27.6 Å². The van der Waals surface area contributed by atoms with Gasteiger partial charge in [-0.15, -0.1) is 0 Å². The number of hydrogen-bond acceptors (Lipinski definition) is 3. The first-order valence-electron chi connectivity index (χ1n) is 5.19. The van der Waals surface area contributed by atoms with Gasteiger partial charge >= 0.3 is 5.97 Å². The number of aliphatic carboxylic acids is 1. The zero-order valence-electron chi connectivity index (χ0n) is 10.2. The van der Waals surface area contributed by atoms with Crippen LogP contribution < -0.4 is 17.2 Å². The molecule has 0 aliphatic rings. The first kappa shape index (κ1) is 14.7. The minimum atomic E-state index is -1.26. The Morgan fingerprint density at radius 1 is 1.31 bits per heavy atom. The van der Waals surface area contributed by atoms with Crippen LogP contribution in [0.4, 0.5) is 0 Å². The van der Waals surface area contributed by atoms with E-state index in [1.54, 1.807) is 0 Å². The van der Waals surface area contributed by atoms with Crippen LogP contribution in [0.2, 0.25) is 0 Å². The Balaban J connectivity index is 4.49. The molecule has 0 aliphatic carbocycles. The van der Waals surface area contributed by atoms with Gasteiger partial charge in [-0.1, -0.05) is 20.8 Å². The van der Waals surface area contributed by atoms with Crippen molar-refractivity contribution in [2.75, 3.05) is 6.54 Å². The average molecular weight is 230 g/mol. The molecule has 0 fully saturated rings. The minimum Gasteiger partial charge on any atom is -0.480 e. The lowest BCUT2D eigenvalue weighted by Crippen LogP contribution is -2.57. The summed E-state index contributed by atoms with van der Waals surface area (Å²) < 4.78 is 0. The van der Waals surface area contributed by atoms with Gasteiger partial charge in [0.05, 0.1) is 0 Å². The van der Waals surface area contributed by atoms with Crippen molar-refractivity contribution in [1.29, 1.82) is 0 Å². The van der Waals surface area contributed by atoms with Crippen LogP contribution in [0.5, 0.6) is 0 Å². The quantitative estimate of drug-likeness (QED) is 0.297. The Kier molecular flexibility index (Phi) is 4.74. The standard InChI is InChI=1S/C10H22N4O2/c1-9(2,3)10(13,7(15)16)5-4-6-14-8(11)12/h4-6,13H2,1-3H3,(H,15,16)(H4,11,12,14). The van der Waals surface area contributed by atoms with Gasteiger partial charge in [-0.05, 0) is 18.3 Å². The molecule has 0 saturated heterocycles. The van der Waals surface area contributed by atoms with E-state index < -0.39 is 16.9 Å². The van der Waals surface area contributed by atoms with Crippen LogP contribution in [0.1, 0.15) is 33.6 Å². The molecular weight excluding hydrogens is 208 g/mol. The number of hydrogen-bond donors (Lipinski definition) is 4. The summed E-state index contributed by atoms with van der Waals surface area (Å²) in [5, 5.41) is 9.17. The number of nitrogens with two attached hydrogens (primary N) is 3. The highest BCUT2D eigenvalue weighted by atomic mass is 16.4. The Morgan fingerprint density at radius 2 is 1.81 bits per heavy atom. The van der Waals surface area contributed by atoms with Crippen LogP contribution in [0.3, 0.4) is 0 Å². The summed E-state index contributed by atoms with van der Waals surface area (Å²) in [6.07, 6.45) is 0.876. The highest BCUT2D eigenvalue weighted by Gasteiger charge is 2.44. The predicted octanol–water partition coefficient (Wildman–Crippen LogP) is -0.132. The number of nitrogens with zero attached hydrogens (tertiary/aromatic N) is 1. The molecule has 1 atom stereocenters. The number of rotatable bonds is 5. The molecule has 0 saturated carbocycles. The molecular formula is C10H22N4O2. The van der Waals surface area contributed by atoms with Gasteiger partial charge in [0.25, 0.3) is 0 Å². The first-order chi connectivity index (χ1) is 7.11. The lowest BCUT2D eigenvalue weighted by Gasteiger charge is -2.37. The summed E-state index contributed by atoms with van der Waals surface area (Å²) in [7, 11) is 0. The molecule has 0 spiro atoms. The van der Waals surface area contributed by atoms with E-state index in [1.165, 1.54) is 0 Å². The Morgan fingerprint density at radius 3 is 2.12 bits per heavy atom. The summed E-state index contributed by atoms with van der Waals surface area (Å²) in [5.74, 6) is -0.988. The highest BCUT2D eigenvalue weighted by molar-refractivity contribution is 5.79. The van der Waals surface area contributed by atoms with Gasteiger partial charge in [0.2, 0.25) is 0 Å². The molecule has 16 heavy (non-hydrogen) atoms. The molecule has 6 nitrogen and oxygen atoms in total. The maximum atomic E-state index is 11.2. The normalized spacial score (nSPS) is 15.2. The van der Waals surface area contributed by atoms with E-state index in [4.69, 9.17) is 22.3 Å². The Labute approximate surface area is 95.9 Å². The molecule has 0 amide bonds. The van der Waals surface area contributed by atoms with E-state index in [0.29, 0.717) is 19.4 Å². The maximum Gasteiger partial charge on any atom is 0.324 e. The van der Waals surface area contributed by atoms with Gasteiger partial charge < -0.3 is 22.3 Å². The van der Waals surface area contributed by atoms with Gasteiger partial charge in [-0.3, -0.25) is 9.79 Å². The number of aliphatic imine (C=N–C) groups is 1. The van der Waals surface area contributed by atoms with Crippen LogP contribution >= 0.6 is 0 Å². The monoisotopic (exact) mass is 230 g/mol. The Hall–Kier alpha value is -1.30. The molecule has 0 aromatic rings. The smallest absolute Gasteiger partial charge is 0.324 e. The van der Waals surface area contributed by atoms with Crippen molar-refractivity contribution in [3.8, 4) is 0 Å². The average Bonchev–Trinajstić information content (AvgIpc) is 2.09. The van der Waals surface area contributed by atoms with Crippen molar-refractivity contribution >= 4 is 11.9 Å². The number of carbonyl (C=O) groups is 1. The zero-order valence-corrected chi connectivity index (χ0v) is 10.2. The molecule has 0 aliphatic heterocycles. The molecule has 0 rings (SSSR count). The summed E-state index contributed by atoms with van der Waals surface area (Å²) in [5.41, 5.74) is 14.5. The molecule has 0 heterocycles. The number of carboxylic acids is 1. The van der Waals surface area contributed by atoms with E-state index >= 15 is 0 Å². The Bertz CT molecular complexity index is 279. The second-order valence-corrected chi connectivity index (χ2v) is 4.94. The van der Waals surface area contributed by atoms with Gasteiger partial charge in [0.1, 0.15) is 5.54 Å². The van der Waals surface area contributed by atoms with E-state index in [0.717, 1.165) is 0 Å². The topological polar surface area (TPSA) is 128 Å². The molecule has 0 aromatic heterocycles. The summed E-state index contributed by atoms with van der Waals surface area (Å²) in [6.45, 7) is 5.82. The second kappa shape index (κ2) is 5.16. The minimum absolute atomic E-state index is 0.00806. The fraction of sp³-hybridized carbons (Fsp3) is 0.800. The van der Waals surface area contributed by atoms with E-state index in [1.807, 2.05) is 20.8 Å². The molecule has 0 bridgehead atoms. The van der Waals surface area contributed by atoms with Crippen LogP contribution in [0.25, 0.3) is 0 Å². The van der Waals surface area contributed by atoms with Crippen molar-refractivity contribution in [1.82, 2.24) is 0 Å². The molecule has 1 unspecified atom stereocenters. The van der Waals surface area contributed by atoms with Gasteiger partial charge in [-0.25, -0.2) is 0 Å². The molecule has 94 valence electrons. The lowest BCUT2D eigenvalue weighted by atomic mass is 9.71. The van der Waals surface area contributed by atoms with E-state index in [-0.39, 0.29) is 5.96 Å². The lowest BCUT2D eigenvalue weighted by molar-refractivity contribution is -0.148. The summed E-state index contributed by atoms with van der Waals surface area (Å²) in [4.78, 5) is 15.0. The predicted molar refractivity (Wildman–Crippen MR) is 63.9 cm³/mol. The molecule has 7 N–H and O–H groups in total. The fourth-order valence-corrected chi connectivity index (χ4v) is 1.37. The molecule has 0 radical (unpaired) electrons. The van der Waals surface area contributed by atoms with Crippen LogP contribution in [0, 0.1) is 5.41 Å². The zero-order chi connectivity index (χ0) is 13.0. The third-order valence-corrected chi connectivity index (χ3v) is 2.74. The second-order valence-electron chi connectivity index (χ2n) is 4.94. The van der Waals surface area contributed by atoms with Crippen LogP contribution in [-0.2, 0) is 4.79 Å². The van der Waals surface area contributed by atoms with E-state index in [2.05, 4.69) is 4.99 Å². The molecule has 0 aromatic carbocycles. The van der Waals surface area contributed by atoms with Gasteiger partial charge in [-0.2, -0.15) is 0 Å². The van der Waals surface area contributed by atoms with E-state index in [9.17, 15) is 4.79 Å². The van der Waals surface area contributed by atoms with Gasteiger partial charge in [0, 0.05) is 6.54 Å². The third-order valence-electron chi connectivity index (χ3n) is 2.74. The SMILES string of the molecule is CC(C)(C)C(N)(CCCN=C(N)N)C(=O)O. The van der Waals surface area contributed by atoms with Gasteiger partial charge in [0.15, 0.2) is 5.96 Å². The third kappa shape index (κ3) is 3.69. The number of carboxylic acid groups (broad SMARTS) is 1. The van der Waals surface area contributed by atoms with Crippen molar-refractivity contribution in [3.05, 3.63) is 0 Å². The van der Waals surface area contributed by atoms with Crippen molar-refractivity contribution in [3.63, 3.8) is 0 Å².